The summed E-state index contributed by atoms with van der Waals surface area (Å²) in [7, 11) is 0. The summed E-state index contributed by atoms with van der Waals surface area (Å²) in [6.45, 7) is 7.88. The summed E-state index contributed by atoms with van der Waals surface area (Å²) in [5, 5.41) is 8.14. The van der Waals surface area contributed by atoms with Gasteiger partial charge in [0, 0.05) is 11.8 Å². The van der Waals surface area contributed by atoms with Crippen LogP contribution in [0.4, 0.5) is 0 Å². The molecule has 2 atom stereocenters. The highest BCUT2D eigenvalue weighted by atomic mass is 32.2. The highest BCUT2D eigenvalue weighted by molar-refractivity contribution is 8.00. The quantitative estimate of drug-likeness (QED) is 0.755. The van der Waals surface area contributed by atoms with Gasteiger partial charge < -0.3 is 9.15 Å². The zero-order chi connectivity index (χ0) is 12.6. The Morgan fingerprint density at radius 2 is 2.06 bits per heavy atom. The minimum atomic E-state index is -0.224. The Morgan fingerprint density at radius 1 is 1.35 bits per heavy atom. The topological polar surface area (TPSA) is 65.2 Å². The smallest absolute Gasteiger partial charge is 0.320 e. The highest BCUT2D eigenvalue weighted by Gasteiger charge is 2.34. The molecule has 0 aromatic carbocycles. The molecule has 94 valence electrons. The number of thioether (sulfide) groups is 1. The maximum Gasteiger partial charge on any atom is 0.320 e. The summed E-state index contributed by atoms with van der Waals surface area (Å²) in [6, 6.07) is 0. The molecule has 1 aliphatic rings. The molecule has 1 aromatic heterocycles. The van der Waals surface area contributed by atoms with E-state index >= 15 is 0 Å². The molecular weight excluding hydrogens is 240 g/mol. The molecule has 0 unspecified atom stereocenters. The van der Waals surface area contributed by atoms with Crippen molar-refractivity contribution in [1.82, 2.24) is 10.2 Å². The third kappa shape index (κ3) is 2.80. The Balaban J connectivity index is 2.05. The number of hydrogen-bond donors (Lipinski definition) is 0. The molecule has 6 heteroatoms. The number of aromatic nitrogens is 2. The first-order valence-electron chi connectivity index (χ1n) is 5.57. The number of cyclic esters (lactones) is 1. The Hall–Kier alpha value is -1.04. The number of esters is 1. The van der Waals surface area contributed by atoms with Gasteiger partial charge in [0.2, 0.25) is 5.89 Å². The second-order valence-electron chi connectivity index (χ2n) is 5.21. The van der Waals surface area contributed by atoms with E-state index in [1.165, 1.54) is 11.8 Å². The van der Waals surface area contributed by atoms with Gasteiger partial charge in [-0.3, -0.25) is 4.79 Å². The Kier molecular flexibility index (Phi) is 3.16. The lowest BCUT2D eigenvalue weighted by Crippen LogP contribution is -2.11. The maximum atomic E-state index is 11.5. The molecule has 5 nitrogen and oxygen atoms in total. The fourth-order valence-electron chi connectivity index (χ4n) is 1.50. The molecule has 2 heterocycles. The summed E-state index contributed by atoms with van der Waals surface area (Å²) in [5.41, 5.74) is -0.171. The number of hydrogen-bond acceptors (Lipinski definition) is 6. The van der Waals surface area contributed by atoms with Gasteiger partial charge >= 0.3 is 5.97 Å². The van der Waals surface area contributed by atoms with Gasteiger partial charge in [-0.15, -0.1) is 10.2 Å². The van der Waals surface area contributed by atoms with Gasteiger partial charge in [0.15, 0.2) is 0 Å². The molecule has 1 aromatic rings. The van der Waals surface area contributed by atoms with Gasteiger partial charge in [-0.25, -0.2) is 0 Å². The van der Waals surface area contributed by atoms with Crippen LogP contribution < -0.4 is 0 Å². The van der Waals surface area contributed by atoms with Crippen molar-refractivity contribution >= 4 is 17.7 Å². The molecule has 0 radical (unpaired) electrons. The molecule has 0 amide bonds. The van der Waals surface area contributed by atoms with Crippen molar-refractivity contribution in [2.45, 2.75) is 56.1 Å². The third-order valence-electron chi connectivity index (χ3n) is 2.42. The minimum absolute atomic E-state index is 0.0231. The van der Waals surface area contributed by atoms with Crippen LogP contribution in [0.2, 0.25) is 0 Å². The highest BCUT2D eigenvalue weighted by Crippen LogP contribution is 2.32. The average molecular weight is 256 g/mol. The Morgan fingerprint density at radius 3 is 2.53 bits per heavy atom. The molecule has 0 spiro atoms. The van der Waals surface area contributed by atoms with Crippen LogP contribution in [0.25, 0.3) is 0 Å². The van der Waals surface area contributed by atoms with Crippen molar-refractivity contribution in [3.8, 4) is 0 Å². The van der Waals surface area contributed by atoms with Crippen LogP contribution in [0.15, 0.2) is 9.64 Å². The lowest BCUT2D eigenvalue weighted by molar-refractivity contribution is -0.140. The second-order valence-corrected chi connectivity index (χ2v) is 6.37. The largest absolute Gasteiger partial charge is 0.462 e. The lowest BCUT2D eigenvalue weighted by Gasteiger charge is -2.10. The van der Waals surface area contributed by atoms with Crippen LogP contribution in [-0.2, 0) is 14.9 Å². The zero-order valence-corrected chi connectivity index (χ0v) is 11.2. The predicted octanol–water partition coefficient (Wildman–Crippen LogP) is 2.16. The molecule has 0 bridgehead atoms. The number of rotatable bonds is 2. The first-order valence-corrected chi connectivity index (χ1v) is 6.45. The summed E-state index contributed by atoms with van der Waals surface area (Å²) in [5.74, 6) is 0.387. The van der Waals surface area contributed by atoms with Crippen LogP contribution in [0, 0.1) is 0 Å². The molecule has 0 aliphatic carbocycles. The van der Waals surface area contributed by atoms with E-state index < -0.39 is 0 Å². The fraction of sp³-hybridized carbons (Fsp3) is 0.727. The number of carbonyl (C=O) groups excluding carboxylic acids is 1. The molecule has 1 aliphatic heterocycles. The summed E-state index contributed by atoms with van der Waals surface area (Å²) in [6.07, 6.45) is 0.668. The number of ether oxygens (including phenoxy) is 1. The van der Waals surface area contributed by atoms with E-state index in [1.807, 2.05) is 27.7 Å². The Bertz CT molecular complexity index is 425. The van der Waals surface area contributed by atoms with Crippen molar-refractivity contribution in [2.75, 3.05) is 0 Å². The van der Waals surface area contributed by atoms with Crippen LogP contribution in [0.1, 0.15) is 40.0 Å². The standard InChI is InChI=1S/C11H16N2O3S/c1-6-5-7(8(14)15-6)17-10-13-12-9(16-10)11(2,3)4/h6-7H,5H2,1-4H3/t6-,7-/m1/s1. The molecule has 0 N–H and O–H groups in total. The first kappa shape index (κ1) is 12.4. The van der Waals surface area contributed by atoms with E-state index in [1.54, 1.807) is 0 Å². The zero-order valence-electron chi connectivity index (χ0n) is 10.4. The second kappa shape index (κ2) is 4.33. The van der Waals surface area contributed by atoms with Crippen molar-refractivity contribution in [3.63, 3.8) is 0 Å². The minimum Gasteiger partial charge on any atom is -0.462 e. The van der Waals surface area contributed by atoms with E-state index in [-0.39, 0.29) is 22.7 Å². The molecule has 1 fully saturated rings. The monoisotopic (exact) mass is 256 g/mol. The van der Waals surface area contributed by atoms with Crippen LogP contribution >= 0.6 is 11.8 Å². The summed E-state index contributed by atoms with van der Waals surface area (Å²) in [4.78, 5) is 11.5. The predicted molar refractivity (Wildman–Crippen MR) is 62.8 cm³/mol. The van der Waals surface area contributed by atoms with E-state index in [4.69, 9.17) is 9.15 Å². The van der Waals surface area contributed by atoms with Gasteiger partial charge in [-0.2, -0.15) is 0 Å². The van der Waals surface area contributed by atoms with E-state index in [2.05, 4.69) is 10.2 Å². The van der Waals surface area contributed by atoms with Gasteiger partial charge in [-0.05, 0) is 18.7 Å². The van der Waals surface area contributed by atoms with E-state index in [9.17, 15) is 4.79 Å². The molecular formula is C11H16N2O3S. The molecule has 2 rings (SSSR count). The van der Waals surface area contributed by atoms with Gasteiger partial charge in [0.25, 0.3) is 5.22 Å². The van der Waals surface area contributed by atoms with Crippen molar-refractivity contribution in [3.05, 3.63) is 5.89 Å². The first-order chi connectivity index (χ1) is 7.86. The normalized spacial score (nSPS) is 25.1. The van der Waals surface area contributed by atoms with Crippen molar-refractivity contribution in [1.29, 1.82) is 0 Å². The average Bonchev–Trinajstić information content (AvgIpc) is 2.74. The van der Waals surface area contributed by atoms with Crippen LogP contribution in [0.5, 0.6) is 0 Å². The van der Waals surface area contributed by atoms with Gasteiger partial charge in [-0.1, -0.05) is 20.8 Å². The summed E-state index contributed by atoms with van der Waals surface area (Å²) < 4.78 is 10.6. The third-order valence-corrected chi connectivity index (χ3v) is 3.45. The van der Waals surface area contributed by atoms with Crippen LogP contribution in [0.3, 0.4) is 0 Å². The number of nitrogens with zero attached hydrogens (tertiary/aromatic N) is 2. The van der Waals surface area contributed by atoms with Gasteiger partial charge in [0.1, 0.15) is 11.4 Å². The van der Waals surface area contributed by atoms with Crippen molar-refractivity contribution < 1.29 is 13.9 Å². The van der Waals surface area contributed by atoms with Crippen LogP contribution in [-0.4, -0.2) is 27.5 Å². The molecule has 1 saturated heterocycles. The fourth-order valence-corrected chi connectivity index (χ4v) is 2.48. The van der Waals surface area contributed by atoms with Gasteiger partial charge in [0.05, 0.1) is 0 Å². The maximum absolute atomic E-state index is 11.5. The van der Waals surface area contributed by atoms with E-state index in [0.29, 0.717) is 17.5 Å². The molecule has 17 heavy (non-hydrogen) atoms. The van der Waals surface area contributed by atoms with Crippen molar-refractivity contribution in [2.24, 2.45) is 0 Å². The molecule has 0 saturated carbocycles. The SMILES string of the molecule is C[C@@H]1C[C@@H](Sc2nnc(C(C)(C)C)o2)C(=O)O1. The summed E-state index contributed by atoms with van der Waals surface area (Å²) >= 11 is 1.29. The number of carbonyl (C=O) groups is 1. The lowest BCUT2D eigenvalue weighted by atomic mass is 9.97. The van der Waals surface area contributed by atoms with E-state index in [0.717, 1.165) is 0 Å². The Labute approximate surface area is 104 Å².